The number of benzene rings is 1. The number of nitrogens with zero attached hydrogens (tertiary/aromatic N) is 5. The highest BCUT2D eigenvalue weighted by molar-refractivity contribution is 5.96. The van der Waals surface area contributed by atoms with E-state index in [2.05, 4.69) is 15.5 Å². The minimum Gasteiger partial charge on any atom is -0.361 e. The Kier molecular flexibility index (Phi) is 3.41. The number of carbonyl (C=O) groups is 1. The van der Waals surface area contributed by atoms with Crippen LogP contribution in [0.5, 0.6) is 0 Å². The molecule has 3 heterocycles. The third-order valence-corrected chi connectivity index (χ3v) is 4.35. The summed E-state index contributed by atoms with van der Waals surface area (Å²) in [6, 6.07) is 10.1. The fourth-order valence-electron chi connectivity index (χ4n) is 2.93. The zero-order valence-corrected chi connectivity index (χ0v) is 13.5. The van der Waals surface area contributed by atoms with Gasteiger partial charge in [-0.15, -0.1) is 5.10 Å². The molecule has 7 nitrogen and oxygen atoms in total. The van der Waals surface area contributed by atoms with Gasteiger partial charge in [-0.05, 0) is 13.8 Å². The van der Waals surface area contributed by atoms with Gasteiger partial charge in [0.25, 0.3) is 5.91 Å². The van der Waals surface area contributed by atoms with Crippen molar-refractivity contribution < 1.29 is 9.32 Å². The highest BCUT2D eigenvalue weighted by atomic mass is 16.5. The quantitative estimate of drug-likeness (QED) is 0.739. The van der Waals surface area contributed by atoms with E-state index in [1.54, 1.807) is 18.7 Å². The summed E-state index contributed by atoms with van der Waals surface area (Å²) >= 11 is 0. The Hall–Kier alpha value is -2.96. The lowest BCUT2D eigenvalue weighted by Crippen LogP contribution is -2.51. The molecular weight excluding hydrogens is 306 g/mol. The summed E-state index contributed by atoms with van der Waals surface area (Å²) in [6.07, 6.45) is 1.93. The maximum absolute atomic E-state index is 12.5. The van der Waals surface area contributed by atoms with Gasteiger partial charge in [0, 0.05) is 18.7 Å². The maximum atomic E-state index is 12.5. The third kappa shape index (κ3) is 2.38. The molecule has 0 radical (unpaired) electrons. The zero-order valence-electron chi connectivity index (χ0n) is 13.5. The molecule has 4 rings (SSSR count). The van der Waals surface area contributed by atoms with Gasteiger partial charge in [-0.3, -0.25) is 4.79 Å². The Morgan fingerprint density at radius 1 is 1.21 bits per heavy atom. The second-order valence-corrected chi connectivity index (χ2v) is 6.01. The molecule has 0 spiro atoms. The molecule has 1 aliphatic heterocycles. The Labute approximate surface area is 138 Å². The predicted octanol–water partition coefficient (Wildman–Crippen LogP) is 2.25. The molecule has 1 amide bonds. The van der Waals surface area contributed by atoms with Crippen LogP contribution in [0, 0.1) is 13.8 Å². The van der Waals surface area contributed by atoms with Crippen LogP contribution in [0.25, 0.3) is 11.3 Å². The molecule has 3 aromatic rings. The SMILES string of the molecule is Cc1noc(C)c1C(=O)N1CC(n2cc(-c3ccccc3)nn2)C1. The van der Waals surface area contributed by atoms with Crippen molar-refractivity contribution >= 4 is 5.91 Å². The van der Waals surface area contributed by atoms with E-state index in [1.165, 1.54) is 0 Å². The molecule has 0 N–H and O–H groups in total. The molecule has 0 atom stereocenters. The maximum Gasteiger partial charge on any atom is 0.259 e. The van der Waals surface area contributed by atoms with E-state index in [0.29, 0.717) is 30.1 Å². The van der Waals surface area contributed by atoms with Crippen molar-refractivity contribution in [2.24, 2.45) is 0 Å². The van der Waals surface area contributed by atoms with E-state index in [-0.39, 0.29) is 11.9 Å². The molecule has 0 saturated carbocycles. The molecule has 2 aromatic heterocycles. The summed E-state index contributed by atoms with van der Waals surface area (Å²) in [5, 5.41) is 12.3. The molecule has 1 saturated heterocycles. The summed E-state index contributed by atoms with van der Waals surface area (Å²) in [5.41, 5.74) is 3.07. The lowest BCUT2D eigenvalue weighted by atomic mass is 10.1. The van der Waals surface area contributed by atoms with Crippen molar-refractivity contribution in [1.29, 1.82) is 0 Å². The van der Waals surface area contributed by atoms with Crippen molar-refractivity contribution in [3.63, 3.8) is 0 Å². The van der Waals surface area contributed by atoms with Crippen LogP contribution < -0.4 is 0 Å². The molecule has 0 unspecified atom stereocenters. The highest BCUT2D eigenvalue weighted by Crippen LogP contribution is 2.26. The van der Waals surface area contributed by atoms with E-state index >= 15 is 0 Å². The fraction of sp³-hybridized carbons (Fsp3) is 0.294. The van der Waals surface area contributed by atoms with E-state index in [4.69, 9.17) is 4.52 Å². The summed E-state index contributed by atoms with van der Waals surface area (Å²) < 4.78 is 6.91. The average Bonchev–Trinajstić information content (AvgIpc) is 3.14. The predicted molar refractivity (Wildman–Crippen MR) is 86.4 cm³/mol. The van der Waals surface area contributed by atoms with Gasteiger partial charge >= 0.3 is 0 Å². The first kappa shape index (κ1) is 14.6. The first-order valence-corrected chi connectivity index (χ1v) is 7.83. The van der Waals surface area contributed by atoms with Crippen LogP contribution in [-0.4, -0.2) is 44.0 Å². The Morgan fingerprint density at radius 3 is 2.62 bits per heavy atom. The second kappa shape index (κ2) is 5.59. The van der Waals surface area contributed by atoms with Crippen molar-refractivity contribution in [3.05, 3.63) is 53.5 Å². The molecular formula is C17H17N5O2. The number of amides is 1. The van der Waals surface area contributed by atoms with E-state index in [0.717, 1.165) is 11.3 Å². The minimum atomic E-state index is -0.0362. The van der Waals surface area contributed by atoms with E-state index in [1.807, 2.05) is 41.2 Å². The number of hydrogen-bond acceptors (Lipinski definition) is 5. The van der Waals surface area contributed by atoms with Crippen LogP contribution in [0.15, 0.2) is 41.1 Å². The van der Waals surface area contributed by atoms with Gasteiger partial charge in [0.1, 0.15) is 17.0 Å². The Morgan fingerprint density at radius 2 is 1.96 bits per heavy atom. The van der Waals surface area contributed by atoms with Gasteiger partial charge in [-0.25, -0.2) is 4.68 Å². The second-order valence-electron chi connectivity index (χ2n) is 6.01. The van der Waals surface area contributed by atoms with Crippen LogP contribution in [0.2, 0.25) is 0 Å². The average molecular weight is 323 g/mol. The van der Waals surface area contributed by atoms with Crippen molar-refractivity contribution in [2.75, 3.05) is 13.1 Å². The molecule has 1 aliphatic rings. The van der Waals surface area contributed by atoms with Crippen LogP contribution >= 0.6 is 0 Å². The smallest absolute Gasteiger partial charge is 0.259 e. The topological polar surface area (TPSA) is 77.0 Å². The molecule has 0 aliphatic carbocycles. The third-order valence-electron chi connectivity index (χ3n) is 4.35. The van der Waals surface area contributed by atoms with Gasteiger partial charge in [-0.2, -0.15) is 0 Å². The van der Waals surface area contributed by atoms with Gasteiger partial charge in [0.05, 0.1) is 17.9 Å². The van der Waals surface area contributed by atoms with Crippen molar-refractivity contribution in [1.82, 2.24) is 25.1 Å². The number of aromatic nitrogens is 4. The molecule has 122 valence electrons. The van der Waals surface area contributed by atoms with Crippen molar-refractivity contribution in [2.45, 2.75) is 19.9 Å². The van der Waals surface area contributed by atoms with E-state index < -0.39 is 0 Å². The molecule has 1 aromatic carbocycles. The summed E-state index contributed by atoms with van der Waals surface area (Å²) in [6.45, 7) is 4.76. The zero-order chi connectivity index (χ0) is 16.7. The summed E-state index contributed by atoms with van der Waals surface area (Å²) in [7, 11) is 0. The van der Waals surface area contributed by atoms with Crippen molar-refractivity contribution in [3.8, 4) is 11.3 Å². The molecule has 24 heavy (non-hydrogen) atoms. The van der Waals surface area contributed by atoms with Gasteiger partial charge < -0.3 is 9.42 Å². The summed E-state index contributed by atoms with van der Waals surface area (Å²) in [5.74, 6) is 0.527. The molecule has 1 fully saturated rings. The van der Waals surface area contributed by atoms with Crippen LogP contribution in [0.3, 0.4) is 0 Å². The standard InChI is InChI=1S/C17H17N5O2/c1-11-16(12(2)24-19-11)17(23)21-8-14(9-21)22-10-15(18-20-22)13-6-4-3-5-7-13/h3-7,10,14H,8-9H2,1-2H3. The normalized spacial score (nSPS) is 14.7. The monoisotopic (exact) mass is 323 g/mol. The Balaban J connectivity index is 1.45. The van der Waals surface area contributed by atoms with Gasteiger partial charge in [-0.1, -0.05) is 40.7 Å². The van der Waals surface area contributed by atoms with Crippen LogP contribution in [-0.2, 0) is 0 Å². The van der Waals surface area contributed by atoms with E-state index in [9.17, 15) is 4.79 Å². The highest BCUT2D eigenvalue weighted by Gasteiger charge is 2.35. The number of hydrogen-bond donors (Lipinski definition) is 0. The first-order valence-electron chi connectivity index (χ1n) is 7.83. The summed E-state index contributed by atoms with van der Waals surface area (Å²) in [4.78, 5) is 14.3. The molecule has 7 heteroatoms. The Bertz CT molecular complexity index is 858. The number of likely N-dealkylation sites (tertiary alicyclic amines) is 1. The number of rotatable bonds is 3. The first-order chi connectivity index (χ1) is 11.6. The lowest BCUT2D eigenvalue weighted by Gasteiger charge is -2.38. The van der Waals surface area contributed by atoms with Crippen LogP contribution in [0.1, 0.15) is 27.9 Å². The minimum absolute atomic E-state index is 0.0362. The van der Waals surface area contributed by atoms with Gasteiger partial charge in [0.15, 0.2) is 0 Å². The number of aryl methyl sites for hydroxylation is 2. The number of carbonyl (C=O) groups excluding carboxylic acids is 1. The lowest BCUT2D eigenvalue weighted by molar-refractivity contribution is 0.0496. The molecule has 0 bridgehead atoms. The van der Waals surface area contributed by atoms with Crippen LogP contribution in [0.4, 0.5) is 0 Å². The fourth-order valence-corrected chi connectivity index (χ4v) is 2.93. The van der Waals surface area contributed by atoms with Gasteiger partial charge in [0.2, 0.25) is 0 Å². The largest absolute Gasteiger partial charge is 0.361 e.